The van der Waals surface area contributed by atoms with Crippen LogP contribution in [-0.2, 0) is 4.79 Å². The molecule has 0 amide bonds. The van der Waals surface area contributed by atoms with Gasteiger partial charge >= 0.3 is 0 Å². The maximum absolute atomic E-state index is 11.2. The minimum atomic E-state index is -1.40. The predicted octanol–water partition coefficient (Wildman–Crippen LogP) is -0.0942. The Morgan fingerprint density at radius 1 is 2.00 bits per heavy atom. The molecule has 7 heavy (non-hydrogen) atoms. The molecule has 0 spiro atoms. The topological polar surface area (TPSA) is 37.3 Å². The summed E-state index contributed by atoms with van der Waals surface area (Å²) in [7, 11) is 0. The van der Waals surface area contributed by atoms with Gasteiger partial charge in [-0.05, 0) is 6.92 Å². The van der Waals surface area contributed by atoms with Gasteiger partial charge in [-0.25, -0.2) is 4.39 Å². The third kappa shape index (κ3) is 2.28. The highest BCUT2D eigenvalue weighted by Crippen LogP contribution is 1.83. The number of aliphatic hydroxyl groups excluding tert-OH is 1. The number of Topliss-reactive ketones (excluding diaryl/α,β-unsaturated/α-hetero) is 1. The van der Waals surface area contributed by atoms with Crippen molar-refractivity contribution < 1.29 is 14.3 Å². The third-order valence-corrected chi connectivity index (χ3v) is 0.615. The predicted molar refractivity (Wildman–Crippen MR) is 22.7 cm³/mol. The van der Waals surface area contributed by atoms with Crippen LogP contribution in [0.5, 0.6) is 0 Å². The minimum absolute atomic E-state index is 0.525. The van der Waals surface area contributed by atoms with E-state index in [9.17, 15) is 9.18 Å². The molecule has 1 N–H and O–H groups in total. The lowest BCUT2D eigenvalue weighted by Crippen LogP contribution is -2.18. The molecule has 2 nitrogen and oxygen atoms in total. The van der Waals surface area contributed by atoms with E-state index in [4.69, 9.17) is 5.11 Å². The Hall–Kier alpha value is -0.440. The van der Waals surface area contributed by atoms with E-state index in [1.165, 1.54) is 0 Å². The normalized spacial score (nSPS) is 13.6. The van der Waals surface area contributed by atoms with E-state index in [1.54, 1.807) is 0 Å². The second-order valence-electron chi connectivity index (χ2n) is 1.28. The molecule has 0 saturated heterocycles. The molecule has 0 aromatic carbocycles. The number of alkyl halides is 1. The summed E-state index contributed by atoms with van der Waals surface area (Å²) >= 11 is 0. The van der Waals surface area contributed by atoms with Crippen LogP contribution in [0.4, 0.5) is 4.39 Å². The smallest absolute Gasteiger partial charge is 0.160 e. The number of aliphatic hydroxyl groups is 1. The van der Waals surface area contributed by atoms with E-state index in [-0.39, 0.29) is 0 Å². The molecule has 0 saturated carbocycles. The monoisotopic (exact) mass is 105 g/mol. The summed E-state index contributed by atoms with van der Waals surface area (Å²) in [5.41, 5.74) is 0. The van der Waals surface area contributed by atoms with Crippen molar-refractivity contribution in [2.75, 3.05) is 6.67 Å². The van der Waals surface area contributed by atoms with Crippen molar-refractivity contribution in [3.05, 3.63) is 0 Å². The molecule has 0 bridgehead atoms. The molecule has 0 aromatic rings. The van der Waals surface area contributed by atoms with Gasteiger partial charge in [0.15, 0.2) is 5.78 Å². The van der Waals surface area contributed by atoms with Crippen LogP contribution in [0.25, 0.3) is 0 Å². The van der Waals surface area contributed by atoms with Gasteiger partial charge in [0.2, 0.25) is 0 Å². The molecule has 3 heteroatoms. The molecule has 0 aliphatic carbocycles. The molecule has 0 heterocycles. The maximum atomic E-state index is 11.2. The molecule has 0 radical (unpaired) electrons. The number of ketones is 1. The molecule has 1 atom stereocenters. The second kappa shape index (κ2) is 2.69. The standard InChI is InChI=1S/C4H7FO2/c1-3(6)4(7)2-5/h4,7H,2H2,1H3/i5-1. The zero-order valence-electron chi connectivity index (χ0n) is 4.02. The van der Waals surface area contributed by atoms with E-state index in [2.05, 4.69) is 0 Å². The van der Waals surface area contributed by atoms with Gasteiger partial charge in [-0.2, -0.15) is 0 Å². The fourth-order valence-electron chi connectivity index (χ4n) is 0.109. The lowest BCUT2D eigenvalue weighted by molar-refractivity contribution is -0.125. The molecule has 0 aromatic heterocycles. The van der Waals surface area contributed by atoms with Crippen LogP contribution in [0, 0.1) is 0 Å². The Morgan fingerprint density at radius 2 is 2.43 bits per heavy atom. The summed E-state index contributed by atoms with van der Waals surface area (Å²) in [4.78, 5) is 9.88. The van der Waals surface area contributed by atoms with Crippen molar-refractivity contribution >= 4 is 5.78 Å². The fraction of sp³-hybridized carbons (Fsp3) is 0.750. The molecule has 42 valence electrons. The van der Waals surface area contributed by atoms with Gasteiger partial charge in [0.1, 0.15) is 12.8 Å². The number of carbonyl (C=O) groups excluding carboxylic acids is 1. The summed E-state index contributed by atoms with van der Waals surface area (Å²) in [6.45, 7) is 0.166. The SMILES string of the molecule is CC(=O)C(O)C[18F]. The van der Waals surface area contributed by atoms with Crippen LogP contribution in [0.3, 0.4) is 0 Å². The number of hydrogen-bond donors (Lipinski definition) is 1. The van der Waals surface area contributed by atoms with Crippen LogP contribution < -0.4 is 0 Å². The summed E-state index contributed by atoms with van der Waals surface area (Å²) in [6, 6.07) is 0. The van der Waals surface area contributed by atoms with E-state index < -0.39 is 18.6 Å². The van der Waals surface area contributed by atoms with Gasteiger partial charge in [-0.3, -0.25) is 4.79 Å². The van der Waals surface area contributed by atoms with Crippen molar-refractivity contribution in [2.45, 2.75) is 13.0 Å². The minimum Gasteiger partial charge on any atom is -0.383 e. The van der Waals surface area contributed by atoms with Gasteiger partial charge in [0.05, 0.1) is 0 Å². The number of carbonyl (C=O) groups is 1. The molecule has 0 aliphatic rings. The van der Waals surface area contributed by atoms with E-state index >= 15 is 0 Å². The first kappa shape index (κ1) is 6.56. The zero-order chi connectivity index (χ0) is 5.86. The molecule has 0 aliphatic heterocycles. The first-order valence-electron chi connectivity index (χ1n) is 1.93. The lowest BCUT2D eigenvalue weighted by Gasteiger charge is -1.95. The summed E-state index contributed by atoms with van der Waals surface area (Å²) in [5, 5.41) is 8.21. The van der Waals surface area contributed by atoms with Crippen molar-refractivity contribution in [2.24, 2.45) is 0 Å². The summed E-state index contributed by atoms with van der Waals surface area (Å²) in [6.07, 6.45) is -1.40. The molecule has 0 rings (SSSR count). The highest BCUT2D eigenvalue weighted by Gasteiger charge is 2.06. The van der Waals surface area contributed by atoms with Gasteiger partial charge < -0.3 is 5.11 Å². The molecule has 0 fully saturated rings. The van der Waals surface area contributed by atoms with Crippen molar-refractivity contribution in [1.29, 1.82) is 0 Å². The van der Waals surface area contributed by atoms with E-state index in [0.29, 0.717) is 0 Å². The number of halogens is 1. The quantitative estimate of drug-likeness (QED) is 0.532. The Bertz CT molecular complexity index is 72.1. The molecular weight excluding hydrogens is 98.0 g/mol. The average Bonchev–Trinajstić information content (AvgIpc) is 1.65. The molecule has 1 unspecified atom stereocenters. The lowest BCUT2D eigenvalue weighted by atomic mass is 10.3. The van der Waals surface area contributed by atoms with E-state index in [0.717, 1.165) is 6.92 Å². The Labute approximate surface area is 41.0 Å². The number of rotatable bonds is 2. The molecular formula is C4H7FO2. The van der Waals surface area contributed by atoms with Crippen molar-refractivity contribution in [1.82, 2.24) is 0 Å². The Kier molecular flexibility index (Phi) is 2.52. The second-order valence-corrected chi connectivity index (χ2v) is 1.28. The first-order chi connectivity index (χ1) is 3.18. The van der Waals surface area contributed by atoms with Crippen LogP contribution in [0.1, 0.15) is 6.92 Å². The Morgan fingerprint density at radius 3 is 2.43 bits per heavy atom. The van der Waals surface area contributed by atoms with Crippen LogP contribution >= 0.6 is 0 Å². The first-order valence-corrected chi connectivity index (χ1v) is 1.93. The maximum Gasteiger partial charge on any atom is 0.160 e. The van der Waals surface area contributed by atoms with Crippen molar-refractivity contribution in [3.8, 4) is 0 Å². The average molecular weight is 105 g/mol. The van der Waals surface area contributed by atoms with Gasteiger partial charge in [0, 0.05) is 0 Å². The highest BCUT2D eigenvalue weighted by molar-refractivity contribution is 5.80. The summed E-state index contributed by atoms with van der Waals surface area (Å²) < 4.78 is 11.2. The van der Waals surface area contributed by atoms with Crippen LogP contribution in [-0.4, -0.2) is 23.7 Å². The largest absolute Gasteiger partial charge is 0.383 e. The highest BCUT2D eigenvalue weighted by atomic mass is 18.2. The van der Waals surface area contributed by atoms with E-state index in [1.807, 2.05) is 0 Å². The number of hydrogen-bond acceptors (Lipinski definition) is 2. The summed E-state index contributed by atoms with van der Waals surface area (Å²) in [5.74, 6) is -0.525. The Balaban J connectivity index is 3.34. The fourth-order valence-corrected chi connectivity index (χ4v) is 0.109. The van der Waals surface area contributed by atoms with Gasteiger partial charge in [-0.1, -0.05) is 0 Å². The zero-order valence-corrected chi connectivity index (χ0v) is 4.02. The third-order valence-electron chi connectivity index (χ3n) is 0.615. The van der Waals surface area contributed by atoms with Crippen LogP contribution in [0.15, 0.2) is 0 Å². The van der Waals surface area contributed by atoms with Crippen molar-refractivity contribution in [3.63, 3.8) is 0 Å². The van der Waals surface area contributed by atoms with Crippen LogP contribution in [0.2, 0.25) is 0 Å². The van der Waals surface area contributed by atoms with Gasteiger partial charge in [0.25, 0.3) is 0 Å². The van der Waals surface area contributed by atoms with Gasteiger partial charge in [-0.15, -0.1) is 0 Å².